The zero-order valence-electron chi connectivity index (χ0n) is 12.8. The first-order valence-electron chi connectivity index (χ1n) is 7.62. The lowest BCUT2D eigenvalue weighted by Crippen LogP contribution is -2.26. The van der Waals surface area contributed by atoms with E-state index in [-0.39, 0.29) is 0 Å². The van der Waals surface area contributed by atoms with Crippen LogP contribution < -0.4 is 5.32 Å². The molecule has 0 aliphatic rings. The molecule has 20 heavy (non-hydrogen) atoms. The predicted octanol–water partition coefficient (Wildman–Crippen LogP) is 4.49. The number of nitrogens with one attached hydrogen (secondary N) is 1. The third-order valence-electron chi connectivity index (χ3n) is 3.61. The summed E-state index contributed by atoms with van der Waals surface area (Å²) in [6, 6.07) is 7.08. The van der Waals surface area contributed by atoms with Crippen molar-refractivity contribution in [1.82, 2.24) is 9.88 Å². The van der Waals surface area contributed by atoms with Crippen LogP contribution in [0.5, 0.6) is 0 Å². The van der Waals surface area contributed by atoms with Crippen molar-refractivity contribution in [2.75, 3.05) is 6.54 Å². The maximum absolute atomic E-state index is 3.66. The summed E-state index contributed by atoms with van der Waals surface area (Å²) in [5.41, 5.74) is 1.42. The number of aromatic nitrogens is 1. The molecule has 0 fully saturated rings. The van der Waals surface area contributed by atoms with Gasteiger partial charge in [0.25, 0.3) is 0 Å². The van der Waals surface area contributed by atoms with Gasteiger partial charge in [0.15, 0.2) is 0 Å². The second-order valence-electron chi connectivity index (χ2n) is 5.69. The van der Waals surface area contributed by atoms with Gasteiger partial charge in [-0.3, -0.25) is 0 Å². The maximum Gasteiger partial charge on any atom is 0.0358 e. The van der Waals surface area contributed by atoms with E-state index < -0.39 is 0 Å². The van der Waals surface area contributed by atoms with E-state index in [1.807, 2.05) is 11.3 Å². The van der Waals surface area contributed by atoms with E-state index in [0.717, 1.165) is 19.5 Å². The van der Waals surface area contributed by atoms with Crippen LogP contribution in [0.1, 0.15) is 43.7 Å². The number of rotatable bonds is 8. The molecule has 1 N–H and O–H groups in total. The molecule has 2 nitrogen and oxygen atoms in total. The van der Waals surface area contributed by atoms with Gasteiger partial charge in [-0.05, 0) is 48.4 Å². The smallest absolute Gasteiger partial charge is 0.0358 e. The van der Waals surface area contributed by atoms with Gasteiger partial charge in [-0.25, -0.2) is 0 Å². The number of hydrogen-bond acceptors (Lipinski definition) is 2. The Bertz CT molecular complexity index is 485. The molecule has 1 atom stereocenters. The lowest BCUT2D eigenvalue weighted by Gasteiger charge is -2.21. The minimum Gasteiger partial charge on any atom is -0.354 e. The Morgan fingerprint density at radius 3 is 2.80 bits per heavy atom. The third kappa shape index (κ3) is 4.22. The summed E-state index contributed by atoms with van der Waals surface area (Å²) in [6.45, 7) is 8.95. The number of thiophene rings is 1. The van der Waals surface area contributed by atoms with Crippen LogP contribution in [0.25, 0.3) is 0 Å². The van der Waals surface area contributed by atoms with Crippen LogP contribution in [-0.2, 0) is 13.0 Å². The third-order valence-corrected chi connectivity index (χ3v) is 4.55. The van der Waals surface area contributed by atoms with Crippen LogP contribution in [0.15, 0.2) is 36.0 Å². The normalized spacial score (nSPS) is 13.0. The van der Waals surface area contributed by atoms with Gasteiger partial charge < -0.3 is 9.88 Å². The van der Waals surface area contributed by atoms with Crippen LogP contribution >= 0.6 is 11.3 Å². The molecular weight excluding hydrogens is 264 g/mol. The van der Waals surface area contributed by atoms with E-state index in [1.165, 1.54) is 16.9 Å². The Morgan fingerprint density at radius 2 is 2.15 bits per heavy atom. The van der Waals surface area contributed by atoms with Crippen LogP contribution in [0, 0.1) is 5.92 Å². The van der Waals surface area contributed by atoms with E-state index in [9.17, 15) is 0 Å². The van der Waals surface area contributed by atoms with Gasteiger partial charge in [0.1, 0.15) is 0 Å². The first kappa shape index (κ1) is 15.3. The van der Waals surface area contributed by atoms with Crippen molar-refractivity contribution in [2.24, 2.45) is 5.92 Å². The molecule has 0 spiro atoms. The lowest BCUT2D eigenvalue weighted by molar-refractivity contribution is 0.412. The van der Waals surface area contributed by atoms with Crippen molar-refractivity contribution >= 4 is 11.3 Å². The highest BCUT2D eigenvalue weighted by atomic mass is 32.1. The summed E-state index contributed by atoms with van der Waals surface area (Å²) >= 11 is 1.85. The fraction of sp³-hybridized carbons (Fsp3) is 0.529. The summed E-state index contributed by atoms with van der Waals surface area (Å²) in [6.07, 6.45) is 6.83. The average molecular weight is 290 g/mol. The Morgan fingerprint density at radius 1 is 1.30 bits per heavy atom. The van der Waals surface area contributed by atoms with E-state index in [2.05, 4.69) is 66.6 Å². The summed E-state index contributed by atoms with van der Waals surface area (Å²) in [4.78, 5) is 1.46. The van der Waals surface area contributed by atoms with E-state index >= 15 is 0 Å². The van der Waals surface area contributed by atoms with Crippen LogP contribution in [-0.4, -0.2) is 11.1 Å². The second kappa shape index (κ2) is 7.65. The summed E-state index contributed by atoms with van der Waals surface area (Å²) < 4.78 is 2.32. The lowest BCUT2D eigenvalue weighted by atomic mass is 9.98. The molecule has 0 aliphatic carbocycles. The van der Waals surface area contributed by atoms with Gasteiger partial charge in [-0.15, -0.1) is 11.3 Å². The summed E-state index contributed by atoms with van der Waals surface area (Å²) in [5.74, 6) is 0.620. The average Bonchev–Trinajstić information content (AvgIpc) is 3.08. The van der Waals surface area contributed by atoms with E-state index in [1.54, 1.807) is 0 Å². The Balaban J connectivity index is 1.95. The number of nitrogens with zero attached hydrogens (tertiary/aromatic N) is 1. The van der Waals surface area contributed by atoms with Crippen molar-refractivity contribution in [3.8, 4) is 0 Å². The summed E-state index contributed by atoms with van der Waals surface area (Å²) in [7, 11) is 0. The molecule has 0 aromatic carbocycles. The highest BCUT2D eigenvalue weighted by Crippen LogP contribution is 2.22. The highest BCUT2D eigenvalue weighted by molar-refractivity contribution is 7.09. The molecule has 0 saturated heterocycles. The maximum atomic E-state index is 3.66. The molecule has 2 aromatic heterocycles. The fourth-order valence-corrected chi connectivity index (χ4v) is 3.21. The number of aryl methyl sites for hydroxylation is 2. The Labute approximate surface area is 126 Å². The van der Waals surface area contributed by atoms with Crippen molar-refractivity contribution in [3.63, 3.8) is 0 Å². The standard InChI is InChI=1S/C17H26N2S/c1-4-9-18-17(14(2)3)15-7-10-19(13-15)11-8-16-6-5-12-20-16/h5-7,10,12-14,17-18H,4,8-9,11H2,1-3H3. The topological polar surface area (TPSA) is 17.0 Å². The van der Waals surface area contributed by atoms with Crippen LogP contribution in [0.2, 0.25) is 0 Å². The van der Waals surface area contributed by atoms with Crippen molar-refractivity contribution in [1.29, 1.82) is 0 Å². The van der Waals surface area contributed by atoms with E-state index in [0.29, 0.717) is 12.0 Å². The first-order valence-corrected chi connectivity index (χ1v) is 8.50. The largest absolute Gasteiger partial charge is 0.354 e. The van der Waals surface area contributed by atoms with Crippen LogP contribution in [0.3, 0.4) is 0 Å². The van der Waals surface area contributed by atoms with Gasteiger partial charge in [0, 0.05) is 29.9 Å². The van der Waals surface area contributed by atoms with Crippen molar-refractivity contribution < 1.29 is 0 Å². The minimum atomic E-state index is 0.470. The summed E-state index contributed by atoms with van der Waals surface area (Å²) in [5, 5.41) is 5.81. The van der Waals surface area contributed by atoms with Gasteiger partial charge in [-0.2, -0.15) is 0 Å². The Hall–Kier alpha value is -1.06. The molecule has 2 rings (SSSR count). The SMILES string of the molecule is CCCNC(c1ccn(CCc2cccs2)c1)C(C)C. The fourth-order valence-electron chi connectivity index (χ4n) is 2.51. The molecule has 0 amide bonds. The van der Waals surface area contributed by atoms with Crippen LogP contribution in [0.4, 0.5) is 0 Å². The predicted molar refractivity (Wildman–Crippen MR) is 88.3 cm³/mol. The molecular formula is C17H26N2S. The highest BCUT2D eigenvalue weighted by Gasteiger charge is 2.15. The second-order valence-corrected chi connectivity index (χ2v) is 6.72. The quantitative estimate of drug-likeness (QED) is 0.758. The van der Waals surface area contributed by atoms with Crippen molar-refractivity contribution in [2.45, 2.75) is 46.2 Å². The zero-order valence-corrected chi connectivity index (χ0v) is 13.6. The molecule has 2 heterocycles. The van der Waals surface area contributed by atoms with E-state index in [4.69, 9.17) is 0 Å². The molecule has 110 valence electrons. The zero-order chi connectivity index (χ0) is 14.4. The van der Waals surface area contributed by atoms with Gasteiger partial charge in [0.2, 0.25) is 0 Å². The molecule has 0 bridgehead atoms. The van der Waals surface area contributed by atoms with Crippen molar-refractivity contribution in [3.05, 3.63) is 46.4 Å². The monoisotopic (exact) mass is 290 g/mol. The molecule has 1 unspecified atom stereocenters. The molecule has 0 aliphatic heterocycles. The molecule has 0 radical (unpaired) electrons. The Kier molecular flexibility index (Phi) is 5.86. The van der Waals surface area contributed by atoms with Gasteiger partial charge in [-0.1, -0.05) is 26.8 Å². The number of hydrogen-bond donors (Lipinski definition) is 1. The first-order chi connectivity index (χ1) is 9.70. The molecule has 3 heteroatoms. The molecule has 0 saturated carbocycles. The molecule has 2 aromatic rings. The van der Waals surface area contributed by atoms with Gasteiger partial charge in [0.05, 0.1) is 0 Å². The van der Waals surface area contributed by atoms with Gasteiger partial charge >= 0.3 is 0 Å². The minimum absolute atomic E-state index is 0.470.